The van der Waals surface area contributed by atoms with Crippen molar-refractivity contribution in [3.05, 3.63) is 23.3 Å². The lowest BCUT2D eigenvalue weighted by Gasteiger charge is -2.17. The van der Waals surface area contributed by atoms with Crippen molar-refractivity contribution in [2.45, 2.75) is 25.8 Å². The summed E-state index contributed by atoms with van der Waals surface area (Å²) in [6.45, 7) is 4.36. The molecule has 3 N–H and O–H groups in total. The zero-order valence-electron chi connectivity index (χ0n) is 9.56. The van der Waals surface area contributed by atoms with Crippen LogP contribution in [0.2, 0.25) is 0 Å². The number of aliphatic hydroxyl groups excluding tert-OH is 1. The van der Waals surface area contributed by atoms with Gasteiger partial charge in [0.2, 0.25) is 6.79 Å². The Balaban J connectivity index is 2.48. The van der Waals surface area contributed by atoms with Gasteiger partial charge >= 0.3 is 0 Å². The summed E-state index contributed by atoms with van der Waals surface area (Å²) in [5, 5.41) is 9.15. The fraction of sp³-hybridized carbons (Fsp3) is 0.500. The summed E-state index contributed by atoms with van der Waals surface area (Å²) in [5.41, 5.74) is 7.92. The van der Waals surface area contributed by atoms with Gasteiger partial charge in [0.1, 0.15) is 0 Å². The van der Waals surface area contributed by atoms with Crippen LogP contribution in [-0.4, -0.2) is 18.5 Å². The summed E-state index contributed by atoms with van der Waals surface area (Å²) in [5.74, 6) is 1.81. The van der Waals surface area contributed by atoms with E-state index >= 15 is 0 Å². The van der Waals surface area contributed by atoms with E-state index in [0.29, 0.717) is 11.7 Å². The first-order valence-corrected chi connectivity index (χ1v) is 5.43. The van der Waals surface area contributed by atoms with Gasteiger partial charge in [-0.15, -0.1) is 0 Å². The highest BCUT2D eigenvalue weighted by Gasteiger charge is 2.21. The van der Waals surface area contributed by atoms with Crippen molar-refractivity contribution in [2.75, 3.05) is 13.4 Å². The summed E-state index contributed by atoms with van der Waals surface area (Å²) in [6.07, 6.45) is 0. The molecule has 0 fully saturated rings. The molecule has 0 radical (unpaired) electrons. The predicted octanol–water partition coefficient (Wildman–Crippen LogP) is 1.53. The molecule has 4 nitrogen and oxygen atoms in total. The zero-order valence-corrected chi connectivity index (χ0v) is 9.56. The Morgan fingerprint density at radius 2 is 1.81 bits per heavy atom. The molecule has 0 saturated heterocycles. The Hall–Kier alpha value is -1.26. The zero-order chi connectivity index (χ0) is 11.7. The molecular formula is C12H17NO3. The third-order valence-electron chi connectivity index (χ3n) is 2.80. The van der Waals surface area contributed by atoms with Crippen molar-refractivity contribution >= 4 is 0 Å². The van der Waals surface area contributed by atoms with Crippen LogP contribution < -0.4 is 15.2 Å². The van der Waals surface area contributed by atoms with E-state index in [1.807, 2.05) is 12.1 Å². The standard InChI is InChI=1S/C12H17NO3/c1-7(2)8-3-11-12(16-6-15-11)4-9(8)10(13)5-14/h3-4,7,10,14H,5-6,13H2,1-2H3. The molecule has 1 aromatic carbocycles. The van der Waals surface area contributed by atoms with Crippen LogP contribution >= 0.6 is 0 Å². The van der Waals surface area contributed by atoms with Gasteiger partial charge in [-0.2, -0.15) is 0 Å². The van der Waals surface area contributed by atoms with E-state index in [2.05, 4.69) is 13.8 Å². The van der Waals surface area contributed by atoms with E-state index in [0.717, 1.165) is 16.9 Å². The highest BCUT2D eigenvalue weighted by atomic mass is 16.7. The molecule has 0 spiro atoms. The van der Waals surface area contributed by atoms with Crippen molar-refractivity contribution in [2.24, 2.45) is 5.73 Å². The first-order valence-electron chi connectivity index (χ1n) is 5.43. The summed E-state index contributed by atoms with van der Waals surface area (Å²) in [7, 11) is 0. The van der Waals surface area contributed by atoms with Crippen molar-refractivity contribution < 1.29 is 14.6 Å². The van der Waals surface area contributed by atoms with Crippen LogP contribution in [0.15, 0.2) is 12.1 Å². The minimum atomic E-state index is -0.369. The number of aliphatic hydroxyl groups is 1. The van der Waals surface area contributed by atoms with Crippen LogP contribution in [0.3, 0.4) is 0 Å². The third kappa shape index (κ3) is 1.86. The van der Waals surface area contributed by atoms with E-state index in [-0.39, 0.29) is 19.4 Å². The molecule has 0 aliphatic carbocycles. The fourth-order valence-electron chi connectivity index (χ4n) is 1.89. The van der Waals surface area contributed by atoms with E-state index < -0.39 is 0 Å². The minimum absolute atomic E-state index is 0.0701. The maximum absolute atomic E-state index is 9.15. The van der Waals surface area contributed by atoms with E-state index in [4.69, 9.17) is 20.3 Å². The van der Waals surface area contributed by atoms with E-state index in [1.54, 1.807) is 0 Å². The maximum Gasteiger partial charge on any atom is 0.231 e. The highest BCUT2D eigenvalue weighted by Crippen LogP contribution is 2.38. The lowest BCUT2D eigenvalue weighted by molar-refractivity contribution is 0.174. The fourth-order valence-corrected chi connectivity index (χ4v) is 1.89. The summed E-state index contributed by atoms with van der Waals surface area (Å²) in [4.78, 5) is 0. The van der Waals surface area contributed by atoms with Crippen molar-refractivity contribution in [3.63, 3.8) is 0 Å². The van der Waals surface area contributed by atoms with Crippen molar-refractivity contribution in [1.82, 2.24) is 0 Å². The Labute approximate surface area is 95.0 Å². The van der Waals surface area contributed by atoms with Gasteiger partial charge in [0.15, 0.2) is 11.5 Å². The number of nitrogens with two attached hydrogens (primary N) is 1. The van der Waals surface area contributed by atoms with Gasteiger partial charge in [-0.05, 0) is 29.2 Å². The number of hydrogen-bond donors (Lipinski definition) is 2. The molecule has 1 aromatic rings. The lowest BCUT2D eigenvalue weighted by atomic mass is 9.92. The number of hydrogen-bond acceptors (Lipinski definition) is 4. The van der Waals surface area contributed by atoms with Gasteiger partial charge in [-0.1, -0.05) is 13.8 Å². The molecule has 1 atom stereocenters. The van der Waals surface area contributed by atoms with Crippen LogP contribution in [0.25, 0.3) is 0 Å². The molecule has 0 aromatic heterocycles. The SMILES string of the molecule is CC(C)c1cc2c(cc1C(N)CO)OCO2. The van der Waals surface area contributed by atoms with Crippen LogP contribution in [0.4, 0.5) is 0 Å². The third-order valence-corrected chi connectivity index (χ3v) is 2.80. The maximum atomic E-state index is 9.15. The molecular weight excluding hydrogens is 206 g/mol. The van der Waals surface area contributed by atoms with Gasteiger partial charge in [0.05, 0.1) is 12.6 Å². The second-order valence-corrected chi connectivity index (χ2v) is 4.28. The number of benzene rings is 1. The largest absolute Gasteiger partial charge is 0.454 e. The first kappa shape index (κ1) is 11.2. The average molecular weight is 223 g/mol. The summed E-state index contributed by atoms with van der Waals surface area (Å²) >= 11 is 0. The Kier molecular flexibility index (Phi) is 3.03. The van der Waals surface area contributed by atoms with Crippen LogP contribution in [-0.2, 0) is 0 Å². The quantitative estimate of drug-likeness (QED) is 0.815. The molecule has 1 aliphatic rings. The molecule has 0 saturated carbocycles. The first-order chi connectivity index (χ1) is 7.63. The molecule has 1 unspecified atom stereocenters. The monoisotopic (exact) mass is 223 g/mol. The number of rotatable bonds is 3. The normalized spacial score (nSPS) is 15.6. The molecule has 2 rings (SSSR count). The molecule has 1 heterocycles. The molecule has 16 heavy (non-hydrogen) atoms. The second kappa shape index (κ2) is 4.31. The van der Waals surface area contributed by atoms with Crippen LogP contribution in [0.5, 0.6) is 11.5 Å². The highest BCUT2D eigenvalue weighted by molar-refractivity contribution is 5.50. The van der Waals surface area contributed by atoms with Crippen molar-refractivity contribution in [3.8, 4) is 11.5 Å². The minimum Gasteiger partial charge on any atom is -0.454 e. The smallest absolute Gasteiger partial charge is 0.231 e. The van der Waals surface area contributed by atoms with Gasteiger partial charge in [-0.25, -0.2) is 0 Å². The summed E-state index contributed by atoms with van der Waals surface area (Å²) < 4.78 is 10.6. The molecule has 1 aliphatic heterocycles. The predicted molar refractivity (Wildman–Crippen MR) is 60.7 cm³/mol. The summed E-state index contributed by atoms with van der Waals surface area (Å²) in [6, 6.07) is 3.46. The topological polar surface area (TPSA) is 64.7 Å². The molecule has 4 heteroatoms. The number of fused-ring (bicyclic) bond motifs is 1. The average Bonchev–Trinajstić information content (AvgIpc) is 2.73. The van der Waals surface area contributed by atoms with Gasteiger partial charge in [-0.3, -0.25) is 0 Å². The Bertz CT molecular complexity index is 390. The second-order valence-electron chi connectivity index (χ2n) is 4.28. The van der Waals surface area contributed by atoms with Gasteiger partial charge < -0.3 is 20.3 Å². The molecule has 0 amide bonds. The molecule has 88 valence electrons. The van der Waals surface area contributed by atoms with Gasteiger partial charge in [0.25, 0.3) is 0 Å². The van der Waals surface area contributed by atoms with Crippen LogP contribution in [0, 0.1) is 0 Å². The molecule has 0 bridgehead atoms. The van der Waals surface area contributed by atoms with Crippen LogP contribution in [0.1, 0.15) is 36.9 Å². The van der Waals surface area contributed by atoms with Gasteiger partial charge in [0, 0.05) is 0 Å². The van der Waals surface area contributed by atoms with Crippen molar-refractivity contribution in [1.29, 1.82) is 0 Å². The lowest BCUT2D eigenvalue weighted by Crippen LogP contribution is -2.17. The van der Waals surface area contributed by atoms with E-state index in [9.17, 15) is 0 Å². The Morgan fingerprint density at radius 3 is 2.31 bits per heavy atom. The number of ether oxygens (including phenoxy) is 2. The van der Waals surface area contributed by atoms with E-state index in [1.165, 1.54) is 0 Å². The Morgan fingerprint density at radius 1 is 1.25 bits per heavy atom.